The normalized spacial score (nSPS) is 14.2. The second-order valence-electron chi connectivity index (χ2n) is 7.64. The molecule has 3 aromatic carbocycles. The summed E-state index contributed by atoms with van der Waals surface area (Å²) in [7, 11) is 1.99. The first-order valence-corrected chi connectivity index (χ1v) is 10.4. The quantitative estimate of drug-likeness (QED) is 0.355. The van der Waals surface area contributed by atoms with Crippen molar-refractivity contribution < 1.29 is 14.3 Å². The van der Waals surface area contributed by atoms with Crippen LogP contribution in [-0.4, -0.2) is 10.4 Å². The number of para-hydroxylation sites is 1. The predicted molar refractivity (Wildman–Crippen MR) is 123 cm³/mol. The summed E-state index contributed by atoms with van der Waals surface area (Å²) in [5.74, 6) is 1.44. The third-order valence-electron chi connectivity index (χ3n) is 5.53. The van der Waals surface area contributed by atoms with E-state index < -0.39 is 0 Å². The zero-order valence-corrected chi connectivity index (χ0v) is 17.9. The van der Waals surface area contributed by atoms with E-state index in [-0.39, 0.29) is 5.78 Å². The molecule has 5 rings (SSSR count). The lowest BCUT2D eigenvalue weighted by Crippen LogP contribution is -1.98. The topological polar surface area (TPSA) is 40.5 Å². The Balaban J connectivity index is 1.44. The van der Waals surface area contributed by atoms with Crippen LogP contribution in [0.5, 0.6) is 11.5 Å². The van der Waals surface area contributed by atoms with Crippen molar-refractivity contribution in [1.82, 2.24) is 4.57 Å². The molecular formula is C26H20ClNO3. The van der Waals surface area contributed by atoms with E-state index in [1.807, 2.05) is 79.3 Å². The first kappa shape index (κ1) is 19.5. The number of carbonyl (C=O) groups excluding carboxylic acids is 1. The van der Waals surface area contributed by atoms with Gasteiger partial charge in [-0.05, 0) is 48.9 Å². The first-order valence-electron chi connectivity index (χ1n) is 10.0. The monoisotopic (exact) mass is 429 g/mol. The molecule has 0 unspecified atom stereocenters. The van der Waals surface area contributed by atoms with Crippen molar-refractivity contribution >= 4 is 34.4 Å². The minimum absolute atomic E-state index is 0.118. The largest absolute Gasteiger partial charge is 0.488 e. The minimum Gasteiger partial charge on any atom is -0.488 e. The average molecular weight is 430 g/mol. The fourth-order valence-corrected chi connectivity index (χ4v) is 4.15. The molecule has 5 heteroatoms. The number of aryl methyl sites for hydroxylation is 1. The number of benzene rings is 3. The zero-order valence-electron chi connectivity index (χ0n) is 17.2. The molecular weight excluding hydrogens is 410 g/mol. The van der Waals surface area contributed by atoms with Gasteiger partial charge in [0, 0.05) is 40.3 Å². The predicted octanol–water partition coefficient (Wildman–Crippen LogP) is 6.34. The number of fused-ring (bicyclic) bond motifs is 2. The molecule has 0 atom stereocenters. The highest BCUT2D eigenvalue weighted by atomic mass is 35.5. The Morgan fingerprint density at radius 3 is 2.77 bits per heavy atom. The number of rotatable bonds is 4. The van der Waals surface area contributed by atoms with Crippen LogP contribution >= 0.6 is 11.6 Å². The highest BCUT2D eigenvalue weighted by Crippen LogP contribution is 2.40. The van der Waals surface area contributed by atoms with Crippen LogP contribution < -0.4 is 9.47 Å². The van der Waals surface area contributed by atoms with E-state index in [2.05, 4.69) is 6.07 Å². The van der Waals surface area contributed by atoms with Gasteiger partial charge in [0.1, 0.15) is 18.1 Å². The van der Waals surface area contributed by atoms with E-state index in [0.29, 0.717) is 34.5 Å². The van der Waals surface area contributed by atoms with Gasteiger partial charge in [-0.1, -0.05) is 41.9 Å². The molecule has 31 heavy (non-hydrogen) atoms. The lowest BCUT2D eigenvalue weighted by molar-refractivity contribution is 0.101. The van der Waals surface area contributed by atoms with E-state index in [4.69, 9.17) is 21.1 Å². The summed E-state index contributed by atoms with van der Waals surface area (Å²) in [5, 5.41) is 1.75. The number of nitrogens with zero attached hydrogens (tertiary/aromatic N) is 1. The minimum atomic E-state index is -0.118. The molecule has 0 saturated heterocycles. The number of hydrogen-bond donors (Lipinski definition) is 0. The van der Waals surface area contributed by atoms with Gasteiger partial charge in [0.05, 0.1) is 5.56 Å². The van der Waals surface area contributed by atoms with E-state index in [1.54, 1.807) is 6.07 Å². The van der Waals surface area contributed by atoms with Gasteiger partial charge in [0.25, 0.3) is 0 Å². The summed E-state index contributed by atoms with van der Waals surface area (Å²) in [6, 6.07) is 19.2. The zero-order chi connectivity index (χ0) is 21.5. The van der Waals surface area contributed by atoms with E-state index in [1.165, 1.54) is 0 Å². The number of ether oxygens (including phenoxy) is 2. The molecule has 4 aromatic rings. The maximum Gasteiger partial charge on any atom is 0.231 e. The van der Waals surface area contributed by atoms with Crippen LogP contribution in [0.2, 0.25) is 5.02 Å². The van der Waals surface area contributed by atoms with E-state index in [0.717, 1.165) is 27.6 Å². The Morgan fingerprint density at radius 1 is 1.10 bits per heavy atom. The van der Waals surface area contributed by atoms with Gasteiger partial charge in [0.2, 0.25) is 5.78 Å². The summed E-state index contributed by atoms with van der Waals surface area (Å²) in [4.78, 5) is 13.0. The molecule has 4 nitrogen and oxygen atoms in total. The van der Waals surface area contributed by atoms with Crippen molar-refractivity contribution in [3.63, 3.8) is 0 Å². The van der Waals surface area contributed by atoms with E-state index >= 15 is 0 Å². The molecule has 0 amide bonds. The Bertz CT molecular complexity index is 1370. The second-order valence-corrected chi connectivity index (χ2v) is 8.07. The standard InChI is InChI=1S/C26H20ClNO3/c1-16-23(30-15-17-6-5-7-19(27)12-17)11-10-21-25(29)24(31-26(16)21)13-18-14-28(2)22-9-4-3-8-20(18)22/h3-14H,15H2,1-2H3/b24-13+. The maximum absolute atomic E-state index is 13.0. The van der Waals surface area contributed by atoms with Crippen LogP contribution in [0.15, 0.2) is 72.6 Å². The fraction of sp³-hybridized carbons (Fsp3) is 0.115. The summed E-state index contributed by atoms with van der Waals surface area (Å²) < 4.78 is 14.0. The smallest absolute Gasteiger partial charge is 0.231 e. The SMILES string of the molecule is Cc1c(OCc2cccc(Cl)c2)ccc2c1O/C(=C/c1cn(C)c3ccccc13)C2=O. The Labute approximate surface area is 185 Å². The van der Waals surface area contributed by atoms with Gasteiger partial charge in [-0.15, -0.1) is 0 Å². The van der Waals surface area contributed by atoms with Gasteiger partial charge in [-0.25, -0.2) is 0 Å². The van der Waals surface area contributed by atoms with Gasteiger partial charge in [-0.3, -0.25) is 4.79 Å². The van der Waals surface area contributed by atoms with Crippen molar-refractivity contribution in [2.45, 2.75) is 13.5 Å². The number of aromatic nitrogens is 1. The molecule has 0 spiro atoms. The fourth-order valence-electron chi connectivity index (χ4n) is 3.94. The molecule has 0 bridgehead atoms. The number of Topliss-reactive ketones (excluding diaryl/α,β-unsaturated/α-hetero) is 1. The van der Waals surface area contributed by atoms with Gasteiger partial charge >= 0.3 is 0 Å². The molecule has 1 aliphatic rings. The Kier molecular flexibility index (Phi) is 4.79. The number of allylic oxidation sites excluding steroid dienone is 1. The summed E-state index contributed by atoms with van der Waals surface area (Å²) in [5.41, 5.74) is 4.38. The number of halogens is 1. The molecule has 0 N–H and O–H groups in total. The summed E-state index contributed by atoms with van der Waals surface area (Å²) in [6.07, 6.45) is 3.82. The lowest BCUT2D eigenvalue weighted by atomic mass is 10.1. The van der Waals surface area contributed by atoms with Crippen LogP contribution in [0.25, 0.3) is 17.0 Å². The Hall–Kier alpha value is -3.50. The highest BCUT2D eigenvalue weighted by molar-refractivity contribution is 6.30. The lowest BCUT2D eigenvalue weighted by Gasteiger charge is -2.11. The molecule has 0 fully saturated rings. The first-order chi connectivity index (χ1) is 15.0. The number of ketones is 1. The molecule has 1 aliphatic heterocycles. The number of hydrogen-bond acceptors (Lipinski definition) is 3. The maximum atomic E-state index is 13.0. The summed E-state index contributed by atoms with van der Waals surface area (Å²) in [6.45, 7) is 2.28. The number of carbonyl (C=O) groups is 1. The Morgan fingerprint density at radius 2 is 1.94 bits per heavy atom. The van der Waals surface area contributed by atoms with Crippen molar-refractivity contribution in [2.75, 3.05) is 0 Å². The van der Waals surface area contributed by atoms with Crippen LogP contribution in [0.1, 0.15) is 27.0 Å². The third kappa shape index (κ3) is 3.49. The van der Waals surface area contributed by atoms with Gasteiger partial charge in [-0.2, -0.15) is 0 Å². The molecule has 2 heterocycles. The molecule has 0 saturated carbocycles. The average Bonchev–Trinajstić information content (AvgIpc) is 3.26. The van der Waals surface area contributed by atoms with Crippen molar-refractivity contribution in [1.29, 1.82) is 0 Å². The van der Waals surface area contributed by atoms with Gasteiger partial charge < -0.3 is 14.0 Å². The van der Waals surface area contributed by atoms with Gasteiger partial charge in [0.15, 0.2) is 5.76 Å². The molecule has 154 valence electrons. The third-order valence-corrected chi connectivity index (χ3v) is 5.77. The van der Waals surface area contributed by atoms with Crippen molar-refractivity contribution in [2.24, 2.45) is 7.05 Å². The van der Waals surface area contributed by atoms with Crippen LogP contribution in [-0.2, 0) is 13.7 Å². The molecule has 1 aromatic heterocycles. The highest BCUT2D eigenvalue weighted by Gasteiger charge is 2.30. The van der Waals surface area contributed by atoms with Crippen LogP contribution in [0.4, 0.5) is 0 Å². The summed E-state index contributed by atoms with van der Waals surface area (Å²) >= 11 is 6.05. The van der Waals surface area contributed by atoms with Crippen molar-refractivity contribution in [3.05, 3.63) is 99.9 Å². The van der Waals surface area contributed by atoms with Crippen molar-refractivity contribution in [3.8, 4) is 11.5 Å². The van der Waals surface area contributed by atoms with E-state index in [9.17, 15) is 4.79 Å². The second kappa shape index (κ2) is 7.64. The van der Waals surface area contributed by atoms with Crippen LogP contribution in [0.3, 0.4) is 0 Å². The van der Waals surface area contributed by atoms with Crippen LogP contribution in [0, 0.1) is 6.92 Å². The molecule has 0 aliphatic carbocycles. The molecule has 0 radical (unpaired) electrons.